The first-order valence-corrected chi connectivity index (χ1v) is 4.84. The van der Waals surface area contributed by atoms with Gasteiger partial charge in [0, 0.05) is 11.1 Å². The smallest absolute Gasteiger partial charge is 0.150 e. The number of carbonyl (C=O) groups is 1. The van der Waals surface area contributed by atoms with Crippen molar-refractivity contribution in [1.82, 2.24) is 5.16 Å². The van der Waals surface area contributed by atoms with E-state index in [9.17, 15) is 9.90 Å². The normalized spacial score (nSPS) is 10.4. The van der Waals surface area contributed by atoms with Crippen molar-refractivity contribution in [3.63, 3.8) is 0 Å². The molecule has 0 bridgehead atoms. The van der Waals surface area contributed by atoms with Crippen LogP contribution in [0.25, 0.3) is 11.1 Å². The molecule has 2 aromatic rings. The largest absolute Gasteiger partial charge is 0.508 e. The van der Waals surface area contributed by atoms with Crippen molar-refractivity contribution in [2.24, 2.45) is 0 Å². The lowest BCUT2D eigenvalue weighted by Gasteiger charge is -2.02. The molecular formula is C12H11NO3. The Morgan fingerprint density at radius 3 is 2.62 bits per heavy atom. The maximum atomic E-state index is 10.7. The Labute approximate surface area is 92.5 Å². The number of phenols is 1. The van der Waals surface area contributed by atoms with Crippen LogP contribution in [0.5, 0.6) is 5.75 Å². The molecule has 0 unspecified atom stereocenters. The van der Waals surface area contributed by atoms with E-state index in [4.69, 9.17) is 4.52 Å². The van der Waals surface area contributed by atoms with Crippen molar-refractivity contribution in [2.45, 2.75) is 13.8 Å². The van der Waals surface area contributed by atoms with Crippen molar-refractivity contribution in [3.05, 3.63) is 35.2 Å². The highest BCUT2D eigenvalue weighted by Crippen LogP contribution is 2.30. The third kappa shape index (κ3) is 1.69. The molecule has 0 saturated heterocycles. The molecule has 1 aromatic carbocycles. The molecule has 0 atom stereocenters. The van der Waals surface area contributed by atoms with Crippen LogP contribution in [-0.4, -0.2) is 16.5 Å². The number of aromatic nitrogens is 1. The zero-order valence-corrected chi connectivity index (χ0v) is 9.02. The van der Waals surface area contributed by atoms with Gasteiger partial charge in [0.1, 0.15) is 17.8 Å². The van der Waals surface area contributed by atoms with Crippen molar-refractivity contribution < 1.29 is 14.4 Å². The first-order valence-electron chi connectivity index (χ1n) is 4.84. The third-order valence-corrected chi connectivity index (χ3v) is 2.40. The van der Waals surface area contributed by atoms with Crippen LogP contribution in [0.1, 0.15) is 21.8 Å². The highest BCUT2D eigenvalue weighted by Gasteiger charge is 2.12. The summed E-state index contributed by atoms with van der Waals surface area (Å²) in [4.78, 5) is 10.7. The molecule has 0 amide bonds. The average molecular weight is 217 g/mol. The number of benzene rings is 1. The van der Waals surface area contributed by atoms with Crippen LogP contribution in [0.3, 0.4) is 0 Å². The summed E-state index contributed by atoms with van der Waals surface area (Å²) in [6.45, 7) is 3.61. The second-order valence-corrected chi connectivity index (χ2v) is 3.63. The van der Waals surface area contributed by atoms with E-state index < -0.39 is 0 Å². The Morgan fingerprint density at radius 2 is 2.06 bits per heavy atom. The van der Waals surface area contributed by atoms with Gasteiger partial charge in [-0.1, -0.05) is 5.16 Å². The first-order chi connectivity index (χ1) is 7.61. The van der Waals surface area contributed by atoms with Crippen molar-refractivity contribution in [2.75, 3.05) is 0 Å². The molecular weight excluding hydrogens is 206 g/mol. The van der Waals surface area contributed by atoms with Gasteiger partial charge < -0.3 is 9.63 Å². The minimum Gasteiger partial charge on any atom is -0.508 e. The molecule has 4 heteroatoms. The maximum Gasteiger partial charge on any atom is 0.150 e. The molecule has 2 rings (SSSR count). The quantitative estimate of drug-likeness (QED) is 0.785. The predicted molar refractivity (Wildman–Crippen MR) is 58.5 cm³/mol. The monoisotopic (exact) mass is 217 g/mol. The fraction of sp³-hybridized carbons (Fsp3) is 0.167. The minimum absolute atomic E-state index is 0.0552. The summed E-state index contributed by atoms with van der Waals surface area (Å²) in [6.07, 6.45) is 0.696. The number of nitrogens with zero attached hydrogens (tertiary/aromatic N) is 1. The second kappa shape index (κ2) is 3.81. The minimum atomic E-state index is 0.0552. The van der Waals surface area contributed by atoms with Gasteiger partial charge in [0.15, 0.2) is 0 Å². The molecule has 16 heavy (non-hydrogen) atoms. The Morgan fingerprint density at radius 1 is 1.31 bits per heavy atom. The lowest BCUT2D eigenvalue weighted by atomic mass is 10.0. The van der Waals surface area contributed by atoms with Crippen LogP contribution in [0.2, 0.25) is 0 Å². The van der Waals surface area contributed by atoms with Crippen LogP contribution in [0.4, 0.5) is 0 Å². The third-order valence-electron chi connectivity index (χ3n) is 2.40. The summed E-state index contributed by atoms with van der Waals surface area (Å²) < 4.78 is 5.04. The molecule has 0 fully saturated rings. The zero-order chi connectivity index (χ0) is 11.7. The van der Waals surface area contributed by atoms with Gasteiger partial charge in [-0.2, -0.15) is 0 Å². The molecule has 0 aliphatic carbocycles. The number of aromatic hydroxyl groups is 1. The van der Waals surface area contributed by atoms with Crippen molar-refractivity contribution >= 4 is 6.29 Å². The molecule has 4 nitrogen and oxygen atoms in total. The standard InChI is InChI=1S/C12H11NO3/c1-7-12(8(2)16-13-7)10-3-9(6-14)4-11(15)5-10/h3-6,15H,1-2H3. The Hall–Kier alpha value is -2.10. The van der Waals surface area contributed by atoms with Crippen LogP contribution < -0.4 is 0 Å². The maximum absolute atomic E-state index is 10.7. The van der Waals surface area contributed by atoms with Gasteiger partial charge in [-0.15, -0.1) is 0 Å². The van der Waals surface area contributed by atoms with Gasteiger partial charge >= 0.3 is 0 Å². The number of phenolic OH excluding ortho intramolecular Hbond substituents is 1. The summed E-state index contributed by atoms with van der Waals surface area (Å²) in [7, 11) is 0. The number of aryl methyl sites for hydroxylation is 2. The van der Waals surface area contributed by atoms with Crippen molar-refractivity contribution in [1.29, 1.82) is 0 Å². The summed E-state index contributed by atoms with van der Waals surface area (Å²) in [5, 5.41) is 13.3. The number of rotatable bonds is 2. The summed E-state index contributed by atoms with van der Waals surface area (Å²) in [6, 6.07) is 4.69. The number of hydrogen-bond acceptors (Lipinski definition) is 4. The lowest BCUT2D eigenvalue weighted by molar-refractivity contribution is 0.112. The van der Waals surface area contributed by atoms with E-state index >= 15 is 0 Å². The Bertz CT molecular complexity index is 524. The van der Waals surface area contributed by atoms with Crippen LogP contribution in [0, 0.1) is 13.8 Å². The van der Waals surface area contributed by atoms with Gasteiger partial charge in [-0.25, -0.2) is 0 Å². The summed E-state index contributed by atoms with van der Waals surface area (Å²) in [5.41, 5.74) is 2.72. The summed E-state index contributed by atoms with van der Waals surface area (Å²) >= 11 is 0. The van der Waals surface area contributed by atoms with Gasteiger partial charge in [-0.05, 0) is 37.6 Å². The van der Waals surface area contributed by atoms with E-state index in [1.165, 1.54) is 6.07 Å². The molecule has 0 aliphatic rings. The van der Waals surface area contributed by atoms with E-state index in [2.05, 4.69) is 5.16 Å². The Balaban J connectivity index is 2.64. The van der Waals surface area contributed by atoms with Crippen molar-refractivity contribution in [3.8, 4) is 16.9 Å². The highest BCUT2D eigenvalue weighted by molar-refractivity contribution is 5.81. The Kier molecular flexibility index (Phi) is 2.48. The second-order valence-electron chi connectivity index (χ2n) is 3.63. The number of carbonyl (C=O) groups excluding carboxylic acids is 1. The molecule has 1 N–H and O–H groups in total. The first kappa shape index (κ1) is 10.4. The van der Waals surface area contributed by atoms with Gasteiger partial charge in [0.05, 0.1) is 5.69 Å². The molecule has 1 heterocycles. The average Bonchev–Trinajstić information content (AvgIpc) is 2.57. The lowest BCUT2D eigenvalue weighted by Crippen LogP contribution is -1.85. The SMILES string of the molecule is Cc1noc(C)c1-c1cc(O)cc(C=O)c1. The van der Waals surface area contributed by atoms with Gasteiger partial charge in [-0.3, -0.25) is 4.79 Å². The summed E-state index contributed by atoms with van der Waals surface area (Å²) in [5.74, 6) is 0.722. The predicted octanol–water partition coefficient (Wildman–Crippen LogP) is 2.48. The van der Waals surface area contributed by atoms with E-state index in [-0.39, 0.29) is 5.75 Å². The fourth-order valence-electron chi connectivity index (χ4n) is 1.74. The topological polar surface area (TPSA) is 63.3 Å². The van der Waals surface area contributed by atoms with Crippen LogP contribution in [-0.2, 0) is 0 Å². The molecule has 82 valence electrons. The van der Waals surface area contributed by atoms with Crippen LogP contribution in [0.15, 0.2) is 22.7 Å². The number of hydrogen-bond donors (Lipinski definition) is 1. The van der Waals surface area contributed by atoms with Crippen LogP contribution >= 0.6 is 0 Å². The zero-order valence-electron chi connectivity index (χ0n) is 9.02. The van der Waals surface area contributed by atoms with E-state index in [0.717, 1.165) is 16.8 Å². The van der Waals surface area contributed by atoms with E-state index in [0.29, 0.717) is 17.6 Å². The molecule has 1 aromatic heterocycles. The molecule has 0 radical (unpaired) electrons. The highest BCUT2D eigenvalue weighted by atomic mass is 16.5. The molecule has 0 saturated carbocycles. The van der Waals surface area contributed by atoms with Gasteiger partial charge in [0.25, 0.3) is 0 Å². The van der Waals surface area contributed by atoms with Gasteiger partial charge in [0.2, 0.25) is 0 Å². The number of aldehydes is 1. The molecule has 0 aliphatic heterocycles. The van der Waals surface area contributed by atoms with E-state index in [1.807, 2.05) is 6.92 Å². The fourth-order valence-corrected chi connectivity index (χ4v) is 1.74. The molecule has 0 spiro atoms. The van der Waals surface area contributed by atoms with E-state index in [1.54, 1.807) is 19.1 Å².